The predicted molar refractivity (Wildman–Crippen MR) is 89.6 cm³/mol. The molecule has 24 heavy (non-hydrogen) atoms. The number of nitrogens with one attached hydrogen (secondary N) is 1. The molecule has 2 heterocycles. The molecule has 1 aromatic carbocycles. The van der Waals surface area contributed by atoms with Gasteiger partial charge < -0.3 is 10.2 Å². The average Bonchev–Trinajstić information content (AvgIpc) is 3.12. The molecule has 7 nitrogen and oxygen atoms in total. The van der Waals surface area contributed by atoms with Gasteiger partial charge in [-0.3, -0.25) is 14.4 Å². The van der Waals surface area contributed by atoms with E-state index in [1.54, 1.807) is 24.3 Å². The van der Waals surface area contributed by atoms with Gasteiger partial charge in [-0.1, -0.05) is 0 Å². The number of hydrogen-bond donors (Lipinski definition) is 1. The van der Waals surface area contributed by atoms with Crippen molar-refractivity contribution >= 4 is 29.1 Å². The van der Waals surface area contributed by atoms with Crippen molar-refractivity contribution in [3.63, 3.8) is 0 Å². The SMILES string of the molecule is CN1N=C(C(=O)Nc2ccc(C(=O)N3CCCC3)cc2)CCC1=O. The standard InChI is InChI=1S/C17H20N4O3/c1-20-15(22)9-8-14(19-20)16(23)18-13-6-4-12(5-7-13)17(24)21-10-2-3-11-21/h4-7H,2-3,8-11H2,1H3,(H,18,23). The van der Waals surface area contributed by atoms with Gasteiger partial charge in [-0.15, -0.1) is 0 Å². The third-order valence-electron chi connectivity index (χ3n) is 4.25. The van der Waals surface area contributed by atoms with Crippen LogP contribution in [0.5, 0.6) is 0 Å². The van der Waals surface area contributed by atoms with Crippen LogP contribution >= 0.6 is 0 Å². The molecule has 2 aliphatic rings. The fraction of sp³-hybridized carbons (Fsp3) is 0.412. The van der Waals surface area contributed by atoms with E-state index in [0.29, 0.717) is 23.4 Å². The summed E-state index contributed by atoms with van der Waals surface area (Å²) >= 11 is 0. The van der Waals surface area contributed by atoms with Crippen LogP contribution in [0.4, 0.5) is 5.69 Å². The van der Waals surface area contributed by atoms with Crippen molar-refractivity contribution in [2.45, 2.75) is 25.7 Å². The fourth-order valence-corrected chi connectivity index (χ4v) is 2.84. The highest BCUT2D eigenvalue weighted by atomic mass is 16.2. The summed E-state index contributed by atoms with van der Waals surface area (Å²) in [6.45, 7) is 1.62. The Morgan fingerprint density at radius 1 is 1.08 bits per heavy atom. The molecular formula is C17H20N4O3. The van der Waals surface area contributed by atoms with Crippen LogP contribution in [-0.2, 0) is 9.59 Å². The Labute approximate surface area is 140 Å². The molecule has 1 saturated heterocycles. The molecule has 126 valence electrons. The Kier molecular flexibility index (Phi) is 4.59. The van der Waals surface area contributed by atoms with Gasteiger partial charge in [0.25, 0.3) is 11.8 Å². The van der Waals surface area contributed by atoms with E-state index >= 15 is 0 Å². The largest absolute Gasteiger partial charge is 0.339 e. The maximum absolute atomic E-state index is 12.3. The Hall–Kier alpha value is -2.70. The first-order valence-electron chi connectivity index (χ1n) is 8.09. The van der Waals surface area contributed by atoms with Gasteiger partial charge in [-0.25, -0.2) is 5.01 Å². The fourth-order valence-electron chi connectivity index (χ4n) is 2.84. The molecule has 0 bridgehead atoms. The van der Waals surface area contributed by atoms with Gasteiger partial charge in [0.1, 0.15) is 5.71 Å². The molecular weight excluding hydrogens is 308 g/mol. The van der Waals surface area contributed by atoms with Crippen LogP contribution in [0.25, 0.3) is 0 Å². The van der Waals surface area contributed by atoms with Crippen LogP contribution in [-0.4, -0.2) is 53.5 Å². The highest BCUT2D eigenvalue weighted by Gasteiger charge is 2.22. The van der Waals surface area contributed by atoms with Crippen LogP contribution < -0.4 is 5.32 Å². The van der Waals surface area contributed by atoms with Crippen LogP contribution in [0.3, 0.4) is 0 Å². The lowest BCUT2D eigenvalue weighted by Gasteiger charge is -2.19. The molecule has 0 atom stereocenters. The summed E-state index contributed by atoms with van der Waals surface area (Å²) in [7, 11) is 1.54. The molecule has 2 aliphatic heterocycles. The summed E-state index contributed by atoms with van der Waals surface area (Å²) in [5.41, 5.74) is 1.55. The summed E-state index contributed by atoms with van der Waals surface area (Å²) in [6, 6.07) is 6.85. The lowest BCUT2D eigenvalue weighted by molar-refractivity contribution is -0.130. The van der Waals surface area contributed by atoms with Crippen LogP contribution in [0, 0.1) is 0 Å². The number of anilines is 1. The zero-order chi connectivity index (χ0) is 17.1. The molecule has 0 spiro atoms. The Bertz CT molecular complexity index is 690. The van der Waals surface area contributed by atoms with E-state index in [1.807, 2.05) is 4.90 Å². The highest BCUT2D eigenvalue weighted by Crippen LogP contribution is 2.16. The first kappa shape index (κ1) is 16.2. The zero-order valence-electron chi connectivity index (χ0n) is 13.6. The molecule has 0 saturated carbocycles. The summed E-state index contributed by atoms with van der Waals surface area (Å²) in [5, 5.41) is 7.93. The second kappa shape index (κ2) is 6.82. The lowest BCUT2D eigenvalue weighted by atomic mass is 10.1. The number of hydrazone groups is 1. The summed E-state index contributed by atoms with van der Waals surface area (Å²) in [6.07, 6.45) is 2.73. The second-order valence-electron chi connectivity index (χ2n) is 5.99. The summed E-state index contributed by atoms with van der Waals surface area (Å²) in [5.74, 6) is -0.397. The highest BCUT2D eigenvalue weighted by molar-refractivity contribution is 6.43. The summed E-state index contributed by atoms with van der Waals surface area (Å²) < 4.78 is 0. The average molecular weight is 328 g/mol. The Balaban J connectivity index is 1.63. The number of carbonyl (C=O) groups excluding carboxylic acids is 3. The maximum atomic E-state index is 12.3. The van der Waals surface area contributed by atoms with E-state index in [4.69, 9.17) is 0 Å². The maximum Gasteiger partial charge on any atom is 0.271 e. The van der Waals surface area contributed by atoms with E-state index in [1.165, 1.54) is 12.1 Å². The molecule has 0 aromatic heterocycles. The van der Waals surface area contributed by atoms with Gasteiger partial charge in [-0.2, -0.15) is 5.10 Å². The van der Waals surface area contributed by atoms with Gasteiger partial charge in [0, 0.05) is 44.2 Å². The molecule has 0 aliphatic carbocycles. The van der Waals surface area contributed by atoms with Crippen molar-refractivity contribution in [1.29, 1.82) is 0 Å². The first-order chi connectivity index (χ1) is 11.5. The van der Waals surface area contributed by atoms with Crippen molar-refractivity contribution in [2.24, 2.45) is 5.10 Å². The minimum Gasteiger partial charge on any atom is -0.339 e. The van der Waals surface area contributed by atoms with Crippen molar-refractivity contribution in [3.05, 3.63) is 29.8 Å². The number of benzene rings is 1. The molecule has 3 rings (SSSR count). The van der Waals surface area contributed by atoms with E-state index in [2.05, 4.69) is 10.4 Å². The molecule has 3 amide bonds. The predicted octanol–water partition coefficient (Wildman–Crippen LogP) is 1.47. The summed E-state index contributed by atoms with van der Waals surface area (Å²) in [4.78, 5) is 37.7. The minimum absolute atomic E-state index is 0.0298. The third kappa shape index (κ3) is 3.45. The van der Waals surface area contributed by atoms with Crippen LogP contribution in [0.1, 0.15) is 36.0 Å². The monoisotopic (exact) mass is 328 g/mol. The van der Waals surface area contributed by atoms with Crippen molar-refractivity contribution < 1.29 is 14.4 Å². The number of rotatable bonds is 3. The number of likely N-dealkylation sites (tertiary alicyclic amines) is 1. The van der Waals surface area contributed by atoms with Gasteiger partial charge >= 0.3 is 0 Å². The number of amides is 3. The van der Waals surface area contributed by atoms with Gasteiger partial charge in [0.05, 0.1) is 0 Å². The number of hydrogen-bond acceptors (Lipinski definition) is 4. The quantitative estimate of drug-likeness (QED) is 0.912. The normalized spacial score (nSPS) is 17.7. The Morgan fingerprint density at radius 3 is 2.38 bits per heavy atom. The lowest BCUT2D eigenvalue weighted by Crippen LogP contribution is -2.34. The molecule has 0 unspecified atom stereocenters. The molecule has 1 aromatic rings. The van der Waals surface area contributed by atoms with Crippen molar-refractivity contribution in [2.75, 3.05) is 25.5 Å². The van der Waals surface area contributed by atoms with Crippen LogP contribution in [0.2, 0.25) is 0 Å². The number of carbonyl (C=O) groups is 3. The zero-order valence-corrected chi connectivity index (χ0v) is 13.6. The minimum atomic E-state index is -0.326. The van der Waals surface area contributed by atoms with E-state index in [-0.39, 0.29) is 24.1 Å². The van der Waals surface area contributed by atoms with Gasteiger partial charge in [-0.05, 0) is 37.1 Å². The van der Waals surface area contributed by atoms with Crippen LogP contribution in [0.15, 0.2) is 29.4 Å². The Morgan fingerprint density at radius 2 is 1.75 bits per heavy atom. The van der Waals surface area contributed by atoms with E-state index in [9.17, 15) is 14.4 Å². The first-order valence-corrected chi connectivity index (χ1v) is 8.09. The molecule has 0 radical (unpaired) electrons. The van der Waals surface area contributed by atoms with E-state index in [0.717, 1.165) is 25.9 Å². The van der Waals surface area contributed by atoms with Gasteiger partial charge in [0.15, 0.2) is 0 Å². The van der Waals surface area contributed by atoms with Crippen molar-refractivity contribution in [1.82, 2.24) is 9.91 Å². The topological polar surface area (TPSA) is 82.1 Å². The molecule has 1 N–H and O–H groups in total. The molecule has 7 heteroatoms. The molecule has 1 fully saturated rings. The third-order valence-corrected chi connectivity index (χ3v) is 4.25. The second-order valence-corrected chi connectivity index (χ2v) is 5.99. The number of nitrogens with zero attached hydrogens (tertiary/aromatic N) is 3. The van der Waals surface area contributed by atoms with E-state index < -0.39 is 0 Å². The van der Waals surface area contributed by atoms with Gasteiger partial charge in [0.2, 0.25) is 5.91 Å². The van der Waals surface area contributed by atoms with Crippen molar-refractivity contribution in [3.8, 4) is 0 Å². The smallest absolute Gasteiger partial charge is 0.271 e.